The Labute approximate surface area is 158 Å². The minimum Gasteiger partial charge on any atom is -0.467 e. The van der Waals surface area contributed by atoms with Gasteiger partial charge in [-0.1, -0.05) is 42.5 Å². The minimum atomic E-state index is 0.523. The molecule has 0 aliphatic carbocycles. The van der Waals surface area contributed by atoms with Crippen molar-refractivity contribution in [2.24, 2.45) is 0 Å². The van der Waals surface area contributed by atoms with Crippen LogP contribution in [0.3, 0.4) is 0 Å². The van der Waals surface area contributed by atoms with Gasteiger partial charge in [0.25, 0.3) is 0 Å². The summed E-state index contributed by atoms with van der Waals surface area (Å²) in [4.78, 5) is 9.27. The number of furan rings is 1. The van der Waals surface area contributed by atoms with E-state index in [1.165, 1.54) is 5.56 Å². The molecule has 2 heterocycles. The Morgan fingerprint density at radius 3 is 2.56 bits per heavy atom. The van der Waals surface area contributed by atoms with Crippen molar-refractivity contribution >= 4 is 17.5 Å². The Morgan fingerprint density at radius 2 is 1.78 bits per heavy atom. The molecule has 0 saturated carbocycles. The fraction of sp³-hybridized carbons (Fsp3) is 0.0909. The summed E-state index contributed by atoms with van der Waals surface area (Å²) in [6.07, 6.45) is 1.66. The highest BCUT2D eigenvalue weighted by Crippen LogP contribution is 2.24. The lowest BCUT2D eigenvalue weighted by atomic mass is 10.1. The predicted octanol–water partition coefficient (Wildman–Crippen LogP) is 5.40. The van der Waals surface area contributed by atoms with Gasteiger partial charge in [-0.25, -0.2) is 4.98 Å². The highest BCUT2D eigenvalue weighted by Gasteiger charge is 2.08. The van der Waals surface area contributed by atoms with Crippen molar-refractivity contribution in [3.8, 4) is 11.3 Å². The van der Waals surface area contributed by atoms with Crippen molar-refractivity contribution < 1.29 is 4.42 Å². The summed E-state index contributed by atoms with van der Waals surface area (Å²) in [6, 6.07) is 24.0. The summed E-state index contributed by atoms with van der Waals surface area (Å²) in [7, 11) is 0. The molecule has 0 saturated heterocycles. The molecule has 5 heteroatoms. The Morgan fingerprint density at radius 1 is 0.889 bits per heavy atom. The van der Waals surface area contributed by atoms with Crippen LogP contribution in [-0.2, 0) is 6.54 Å². The SMILES string of the molecule is Cc1cccc(Nc2cc(-c3ccccc3)nc(NCc3ccco3)n2)c1. The van der Waals surface area contributed by atoms with Crippen LogP contribution in [0.2, 0.25) is 0 Å². The van der Waals surface area contributed by atoms with Gasteiger partial charge in [0.15, 0.2) is 0 Å². The molecule has 2 N–H and O–H groups in total. The van der Waals surface area contributed by atoms with Gasteiger partial charge in [-0.3, -0.25) is 0 Å². The van der Waals surface area contributed by atoms with Gasteiger partial charge in [0.1, 0.15) is 11.6 Å². The molecule has 4 aromatic rings. The van der Waals surface area contributed by atoms with Crippen molar-refractivity contribution in [3.63, 3.8) is 0 Å². The Kier molecular flexibility index (Phi) is 4.83. The Hall–Kier alpha value is -3.60. The average Bonchev–Trinajstić information content (AvgIpc) is 3.21. The number of rotatable bonds is 6. The second-order valence-electron chi connectivity index (χ2n) is 6.26. The quantitative estimate of drug-likeness (QED) is 0.484. The molecule has 0 amide bonds. The topological polar surface area (TPSA) is 63.0 Å². The first-order valence-corrected chi connectivity index (χ1v) is 8.81. The molecule has 2 aromatic heterocycles. The van der Waals surface area contributed by atoms with Crippen molar-refractivity contribution in [3.05, 3.63) is 90.4 Å². The molecule has 0 radical (unpaired) electrons. The first-order chi connectivity index (χ1) is 13.3. The van der Waals surface area contributed by atoms with Crippen molar-refractivity contribution in [2.45, 2.75) is 13.5 Å². The molecule has 5 nitrogen and oxygen atoms in total. The maximum Gasteiger partial charge on any atom is 0.225 e. The maximum absolute atomic E-state index is 5.38. The third kappa shape index (κ3) is 4.33. The molecule has 0 atom stereocenters. The second kappa shape index (κ2) is 7.74. The van der Waals surface area contributed by atoms with E-state index in [2.05, 4.69) is 39.7 Å². The Bertz CT molecular complexity index is 1010. The molecule has 0 aliphatic rings. The number of hydrogen-bond acceptors (Lipinski definition) is 5. The number of anilines is 3. The van der Waals surface area contributed by atoms with Crippen molar-refractivity contribution in [2.75, 3.05) is 10.6 Å². The molecule has 4 rings (SSSR count). The molecule has 0 aliphatic heterocycles. The standard InChI is InChI=1S/C22H20N4O/c1-16-7-5-10-18(13-16)24-21-14-20(17-8-3-2-4-9-17)25-22(26-21)23-15-19-11-6-12-27-19/h2-14H,15H2,1H3,(H2,23,24,25,26). The summed E-state index contributed by atoms with van der Waals surface area (Å²) in [5, 5.41) is 6.61. The van der Waals surface area contributed by atoms with Gasteiger partial charge in [-0.15, -0.1) is 0 Å². The number of hydrogen-bond donors (Lipinski definition) is 2. The van der Waals surface area contributed by atoms with Crippen LogP contribution < -0.4 is 10.6 Å². The van der Waals surface area contributed by atoms with Crippen LogP contribution in [0.5, 0.6) is 0 Å². The van der Waals surface area contributed by atoms with Crippen molar-refractivity contribution in [1.82, 2.24) is 9.97 Å². The lowest BCUT2D eigenvalue weighted by Crippen LogP contribution is -2.06. The van der Waals surface area contributed by atoms with Crippen LogP contribution in [0.15, 0.2) is 83.5 Å². The molecule has 134 valence electrons. The number of nitrogens with zero attached hydrogens (tertiary/aromatic N) is 2. The molecular weight excluding hydrogens is 336 g/mol. The number of aryl methyl sites for hydroxylation is 1. The number of nitrogens with one attached hydrogen (secondary N) is 2. The van der Waals surface area contributed by atoms with E-state index in [9.17, 15) is 0 Å². The van der Waals surface area contributed by atoms with E-state index in [0.29, 0.717) is 12.5 Å². The fourth-order valence-corrected chi connectivity index (χ4v) is 2.80. The average molecular weight is 356 g/mol. The van der Waals surface area contributed by atoms with E-state index in [1.54, 1.807) is 6.26 Å². The normalized spacial score (nSPS) is 10.6. The second-order valence-corrected chi connectivity index (χ2v) is 6.26. The summed E-state index contributed by atoms with van der Waals surface area (Å²) in [5.74, 6) is 2.11. The van der Waals surface area contributed by atoms with E-state index in [4.69, 9.17) is 4.42 Å². The first-order valence-electron chi connectivity index (χ1n) is 8.81. The van der Waals surface area contributed by atoms with E-state index < -0.39 is 0 Å². The molecule has 0 spiro atoms. The molecule has 2 aromatic carbocycles. The fourth-order valence-electron chi connectivity index (χ4n) is 2.80. The smallest absolute Gasteiger partial charge is 0.225 e. The van der Waals surface area contributed by atoms with Crippen LogP contribution in [-0.4, -0.2) is 9.97 Å². The van der Waals surface area contributed by atoms with Crippen LogP contribution in [0.25, 0.3) is 11.3 Å². The van der Waals surface area contributed by atoms with E-state index >= 15 is 0 Å². The van der Waals surface area contributed by atoms with Gasteiger partial charge in [-0.05, 0) is 36.8 Å². The summed E-state index contributed by atoms with van der Waals surface area (Å²) in [6.45, 7) is 2.59. The van der Waals surface area contributed by atoms with Crippen LogP contribution >= 0.6 is 0 Å². The largest absolute Gasteiger partial charge is 0.467 e. The summed E-state index contributed by atoms with van der Waals surface area (Å²) in [5.41, 5.74) is 4.06. The van der Waals surface area contributed by atoms with E-state index in [0.717, 1.165) is 28.5 Å². The maximum atomic E-state index is 5.38. The first kappa shape index (κ1) is 16.8. The van der Waals surface area contributed by atoms with Gasteiger partial charge in [0.05, 0.1) is 18.5 Å². The van der Waals surface area contributed by atoms with Gasteiger partial charge in [0.2, 0.25) is 5.95 Å². The lowest BCUT2D eigenvalue weighted by molar-refractivity contribution is 0.517. The van der Waals surface area contributed by atoms with E-state index in [1.807, 2.05) is 60.7 Å². The Balaban J connectivity index is 1.65. The number of benzene rings is 2. The van der Waals surface area contributed by atoms with Gasteiger partial charge < -0.3 is 15.1 Å². The molecule has 0 unspecified atom stereocenters. The third-order valence-electron chi connectivity index (χ3n) is 4.09. The monoisotopic (exact) mass is 356 g/mol. The zero-order chi connectivity index (χ0) is 18.5. The van der Waals surface area contributed by atoms with Crippen LogP contribution in [0.4, 0.5) is 17.5 Å². The highest BCUT2D eigenvalue weighted by atomic mass is 16.3. The zero-order valence-corrected chi connectivity index (χ0v) is 15.0. The molecular formula is C22H20N4O. The van der Waals surface area contributed by atoms with Crippen LogP contribution in [0, 0.1) is 6.92 Å². The summed E-state index contributed by atoms with van der Waals surface area (Å²) >= 11 is 0. The van der Waals surface area contributed by atoms with Crippen LogP contribution in [0.1, 0.15) is 11.3 Å². The molecule has 0 bridgehead atoms. The van der Waals surface area contributed by atoms with Crippen molar-refractivity contribution in [1.29, 1.82) is 0 Å². The van der Waals surface area contributed by atoms with Gasteiger partial charge in [0, 0.05) is 17.3 Å². The van der Waals surface area contributed by atoms with Gasteiger partial charge in [-0.2, -0.15) is 4.98 Å². The molecule has 27 heavy (non-hydrogen) atoms. The molecule has 0 fully saturated rings. The number of aromatic nitrogens is 2. The zero-order valence-electron chi connectivity index (χ0n) is 15.0. The predicted molar refractivity (Wildman–Crippen MR) is 108 cm³/mol. The third-order valence-corrected chi connectivity index (χ3v) is 4.09. The lowest BCUT2D eigenvalue weighted by Gasteiger charge is -2.11. The highest BCUT2D eigenvalue weighted by molar-refractivity contribution is 5.67. The van der Waals surface area contributed by atoms with E-state index in [-0.39, 0.29) is 0 Å². The summed E-state index contributed by atoms with van der Waals surface area (Å²) < 4.78 is 5.38. The van der Waals surface area contributed by atoms with Gasteiger partial charge >= 0.3 is 0 Å². The minimum absolute atomic E-state index is 0.523.